The average Bonchev–Trinajstić information content (AvgIpc) is 3.43. The summed E-state index contributed by atoms with van der Waals surface area (Å²) in [6.45, 7) is 4.36. The maximum atomic E-state index is 13.1. The monoisotopic (exact) mass is 469 g/mol. The maximum Gasteiger partial charge on any atom is 0.268 e. The highest BCUT2D eigenvalue weighted by atomic mass is 16.5. The van der Waals surface area contributed by atoms with E-state index < -0.39 is 35.9 Å². The van der Waals surface area contributed by atoms with Gasteiger partial charge in [-0.25, -0.2) is 0 Å². The topological polar surface area (TPSA) is 156 Å². The van der Waals surface area contributed by atoms with E-state index in [4.69, 9.17) is 4.74 Å². The van der Waals surface area contributed by atoms with Crippen molar-refractivity contribution in [2.24, 2.45) is 11.8 Å². The first-order chi connectivity index (χ1) is 16.2. The Morgan fingerprint density at radius 3 is 2.71 bits per heavy atom. The summed E-state index contributed by atoms with van der Waals surface area (Å²) in [6.07, 6.45) is -0.426. The number of ether oxygens (including phenoxy) is 1. The van der Waals surface area contributed by atoms with Gasteiger partial charge in [-0.2, -0.15) is 5.26 Å². The number of amides is 3. The van der Waals surface area contributed by atoms with E-state index in [2.05, 4.69) is 20.9 Å². The van der Waals surface area contributed by atoms with Crippen molar-refractivity contribution >= 4 is 28.6 Å². The molecule has 2 aromatic rings. The number of methoxy groups -OCH3 is 1. The van der Waals surface area contributed by atoms with Crippen molar-refractivity contribution in [3.63, 3.8) is 0 Å². The first kappa shape index (κ1) is 25.1. The number of hydrogen-bond acceptors (Lipinski definition) is 6. The summed E-state index contributed by atoms with van der Waals surface area (Å²) in [5.74, 6) is -0.842. The van der Waals surface area contributed by atoms with E-state index in [0.717, 1.165) is 10.9 Å². The molecule has 182 valence electrons. The summed E-state index contributed by atoms with van der Waals surface area (Å²) in [7, 11) is 1.55. The van der Waals surface area contributed by atoms with Crippen molar-refractivity contribution in [2.75, 3.05) is 13.7 Å². The number of nitriles is 1. The predicted molar refractivity (Wildman–Crippen MR) is 125 cm³/mol. The van der Waals surface area contributed by atoms with Crippen LogP contribution >= 0.6 is 0 Å². The van der Waals surface area contributed by atoms with Crippen LogP contribution in [-0.2, 0) is 9.59 Å². The second-order valence-corrected chi connectivity index (χ2v) is 8.96. The molecule has 2 heterocycles. The molecular formula is C24H31N5O5. The van der Waals surface area contributed by atoms with Gasteiger partial charge in [0, 0.05) is 23.4 Å². The Bertz CT molecular complexity index is 1090. The van der Waals surface area contributed by atoms with E-state index in [9.17, 15) is 24.8 Å². The van der Waals surface area contributed by atoms with Crippen molar-refractivity contribution in [1.82, 2.24) is 20.9 Å². The first-order valence-corrected chi connectivity index (χ1v) is 11.4. The average molecular weight is 470 g/mol. The van der Waals surface area contributed by atoms with Crippen molar-refractivity contribution in [1.29, 1.82) is 5.26 Å². The molecule has 1 aliphatic heterocycles. The molecule has 0 radical (unpaired) electrons. The van der Waals surface area contributed by atoms with Crippen LogP contribution in [0, 0.1) is 23.2 Å². The molecule has 4 unspecified atom stereocenters. The van der Waals surface area contributed by atoms with Crippen molar-refractivity contribution in [3.8, 4) is 11.8 Å². The van der Waals surface area contributed by atoms with E-state index in [0.29, 0.717) is 25.1 Å². The van der Waals surface area contributed by atoms with E-state index in [1.165, 1.54) is 0 Å². The molecule has 1 aromatic heterocycles. The van der Waals surface area contributed by atoms with E-state index in [-0.39, 0.29) is 23.9 Å². The highest BCUT2D eigenvalue weighted by Crippen LogP contribution is 2.26. The molecule has 1 saturated heterocycles. The minimum Gasteiger partial charge on any atom is -0.496 e. The third kappa shape index (κ3) is 5.85. The quantitative estimate of drug-likeness (QED) is 0.329. The lowest BCUT2D eigenvalue weighted by Crippen LogP contribution is -2.53. The van der Waals surface area contributed by atoms with Gasteiger partial charge in [-0.15, -0.1) is 0 Å². The molecule has 10 nitrogen and oxygen atoms in total. The number of aromatic nitrogens is 1. The molecule has 5 N–H and O–H groups in total. The minimum absolute atomic E-state index is 0.0822. The first-order valence-electron chi connectivity index (χ1n) is 11.4. The summed E-state index contributed by atoms with van der Waals surface area (Å²) in [6, 6.07) is 6.98. The normalized spacial score (nSPS) is 18.1. The number of carbonyl (C=O) groups excluding carboxylic acids is 3. The number of nitrogens with zero attached hydrogens (tertiary/aromatic N) is 1. The zero-order valence-electron chi connectivity index (χ0n) is 19.6. The fraction of sp³-hybridized carbons (Fsp3) is 0.500. The number of benzene rings is 1. The molecular weight excluding hydrogens is 438 g/mol. The zero-order chi connectivity index (χ0) is 24.8. The number of rotatable bonds is 10. The van der Waals surface area contributed by atoms with Crippen LogP contribution in [0.3, 0.4) is 0 Å². The Balaban J connectivity index is 1.75. The Morgan fingerprint density at radius 1 is 1.32 bits per heavy atom. The highest BCUT2D eigenvalue weighted by Gasteiger charge is 2.33. The molecule has 0 spiro atoms. The van der Waals surface area contributed by atoms with Crippen LogP contribution in [0.25, 0.3) is 10.9 Å². The standard InChI is InChI=1S/C24H31N5O5/c1-13(2)9-18(23(32)28-17(20(30)12-25)10-14-7-8-26-22(14)31)29-24(33)19-11-15-16(27-19)5-4-6-21(15)34-3/h4-6,11,13-14,17-18,20,27,30H,7-10H2,1-3H3,(H,26,31)(H,28,32)(H,29,33). The highest BCUT2D eigenvalue weighted by molar-refractivity contribution is 6.01. The summed E-state index contributed by atoms with van der Waals surface area (Å²) < 4.78 is 5.34. The molecule has 1 fully saturated rings. The van der Waals surface area contributed by atoms with Gasteiger partial charge in [0.05, 0.1) is 19.2 Å². The number of carbonyl (C=O) groups is 3. The van der Waals surface area contributed by atoms with Crippen molar-refractivity contribution in [2.45, 2.75) is 51.3 Å². The van der Waals surface area contributed by atoms with Gasteiger partial charge in [0.25, 0.3) is 5.91 Å². The number of hydrogen-bond donors (Lipinski definition) is 5. The molecule has 1 aromatic carbocycles. The molecule has 0 saturated carbocycles. The lowest BCUT2D eigenvalue weighted by Gasteiger charge is -2.26. The molecule has 3 rings (SSSR count). The lowest BCUT2D eigenvalue weighted by molar-refractivity contribution is -0.126. The number of aliphatic hydroxyl groups excluding tert-OH is 1. The van der Waals surface area contributed by atoms with Crippen molar-refractivity contribution < 1.29 is 24.2 Å². The van der Waals surface area contributed by atoms with Crippen LogP contribution in [0.1, 0.15) is 43.6 Å². The summed E-state index contributed by atoms with van der Waals surface area (Å²) in [4.78, 5) is 41.1. The molecule has 0 aliphatic carbocycles. The van der Waals surface area contributed by atoms with Crippen LogP contribution < -0.4 is 20.7 Å². The lowest BCUT2D eigenvalue weighted by atomic mass is 9.94. The van der Waals surface area contributed by atoms with Gasteiger partial charge in [-0.05, 0) is 43.4 Å². The Labute approximate surface area is 198 Å². The third-order valence-electron chi connectivity index (χ3n) is 5.96. The van der Waals surface area contributed by atoms with Crippen LogP contribution in [0.4, 0.5) is 0 Å². The third-order valence-corrected chi connectivity index (χ3v) is 5.96. The smallest absolute Gasteiger partial charge is 0.268 e. The van der Waals surface area contributed by atoms with Crippen LogP contribution in [0.15, 0.2) is 24.3 Å². The number of fused-ring (bicyclic) bond motifs is 1. The fourth-order valence-electron chi connectivity index (χ4n) is 4.18. The van der Waals surface area contributed by atoms with Gasteiger partial charge in [-0.1, -0.05) is 19.9 Å². The number of aliphatic hydroxyl groups is 1. The van der Waals surface area contributed by atoms with Gasteiger partial charge in [-0.3, -0.25) is 14.4 Å². The Hall–Kier alpha value is -3.58. The Kier molecular flexibility index (Phi) is 8.12. The molecule has 3 amide bonds. The number of nitrogens with one attached hydrogen (secondary N) is 4. The summed E-state index contributed by atoms with van der Waals surface area (Å²) in [5.41, 5.74) is 0.999. The van der Waals surface area contributed by atoms with E-state index in [1.54, 1.807) is 31.4 Å². The number of aromatic amines is 1. The zero-order valence-corrected chi connectivity index (χ0v) is 19.6. The summed E-state index contributed by atoms with van der Waals surface area (Å²) >= 11 is 0. The fourth-order valence-corrected chi connectivity index (χ4v) is 4.18. The summed E-state index contributed by atoms with van der Waals surface area (Å²) in [5, 5.41) is 28.3. The van der Waals surface area contributed by atoms with E-state index in [1.807, 2.05) is 19.9 Å². The van der Waals surface area contributed by atoms with Crippen LogP contribution in [-0.4, -0.2) is 59.7 Å². The van der Waals surface area contributed by atoms with Gasteiger partial charge < -0.3 is 30.8 Å². The molecule has 0 bridgehead atoms. The van der Waals surface area contributed by atoms with Gasteiger partial charge in [0.15, 0.2) is 6.10 Å². The SMILES string of the molecule is COc1cccc2[nH]c(C(=O)NC(CC(C)C)C(=O)NC(CC3CCNC3=O)C(O)C#N)cc12. The van der Waals surface area contributed by atoms with Gasteiger partial charge >= 0.3 is 0 Å². The van der Waals surface area contributed by atoms with E-state index >= 15 is 0 Å². The van der Waals surface area contributed by atoms with Gasteiger partial charge in [0.2, 0.25) is 11.8 Å². The van der Waals surface area contributed by atoms with Crippen molar-refractivity contribution in [3.05, 3.63) is 30.0 Å². The maximum absolute atomic E-state index is 13.1. The minimum atomic E-state index is -1.48. The molecule has 34 heavy (non-hydrogen) atoms. The second kappa shape index (κ2) is 11.0. The largest absolute Gasteiger partial charge is 0.496 e. The Morgan fingerprint density at radius 2 is 2.09 bits per heavy atom. The number of H-pyrrole nitrogens is 1. The van der Waals surface area contributed by atoms with Crippen LogP contribution in [0.2, 0.25) is 0 Å². The second-order valence-electron chi connectivity index (χ2n) is 8.96. The predicted octanol–water partition coefficient (Wildman–Crippen LogP) is 1.22. The molecule has 4 atom stereocenters. The van der Waals surface area contributed by atoms with Gasteiger partial charge in [0.1, 0.15) is 17.5 Å². The molecule has 1 aliphatic rings. The van der Waals surface area contributed by atoms with Crippen LogP contribution in [0.5, 0.6) is 5.75 Å². The molecule has 10 heteroatoms.